The van der Waals surface area contributed by atoms with Gasteiger partial charge in [0, 0.05) is 6.08 Å². The van der Waals surface area contributed by atoms with E-state index >= 15 is 0 Å². The van der Waals surface area contributed by atoms with Crippen LogP contribution in [0.4, 0.5) is 0 Å². The van der Waals surface area contributed by atoms with Crippen LogP contribution in [0.1, 0.15) is 11.1 Å². The van der Waals surface area contributed by atoms with Crippen LogP contribution in [0.15, 0.2) is 78.9 Å². The van der Waals surface area contributed by atoms with E-state index in [2.05, 4.69) is 18.2 Å². The van der Waals surface area contributed by atoms with Crippen molar-refractivity contribution in [2.75, 3.05) is 0 Å². The molecule has 3 rings (SSSR count). The molecule has 2 nitrogen and oxygen atoms in total. The van der Waals surface area contributed by atoms with Crippen molar-refractivity contribution in [1.29, 1.82) is 0 Å². The molecule has 0 radical (unpaired) electrons. The molecule has 0 aromatic heterocycles. The first-order valence-electron chi connectivity index (χ1n) is 7.19. The number of ether oxygens (including phenoxy) is 1. The van der Waals surface area contributed by atoms with E-state index in [0.717, 1.165) is 16.5 Å². The summed E-state index contributed by atoms with van der Waals surface area (Å²) in [5, 5.41) is 2.34. The molecule has 0 amide bonds. The molecule has 0 aliphatic heterocycles. The van der Waals surface area contributed by atoms with E-state index in [9.17, 15) is 4.79 Å². The van der Waals surface area contributed by atoms with Gasteiger partial charge in [-0.25, -0.2) is 4.79 Å². The summed E-state index contributed by atoms with van der Waals surface area (Å²) < 4.78 is 5.21. The van der Waals surface area contributed by atoms with Gasteiger partial charge in [-0.3, -0.25) is 0 Å². The summed E-state index contributed by atoms with van der Waals surface area (Å²) in [5.74, 6) is -0.336. The largest absolute Gasteiger partial charge is 0.458 e. The number of hydrogen-bond acceptors (Lipinski definition) is 2. The molecule has 22 heavy (non-hydrogen) atoms. The maximum Gasteiger partial charge on any atom is 0.331 e. The zero-order chi connectivity index (χ0) is 15.2. The number of fused-ring (bicyclic) bond motifs is 1. The van der Waals surface area contributed by atoms with Crippen molar-refractivity contribution in [1.82, 2.24) is 0 Å². The lowest BCUT2D eigenvalue weighted by molar-refractivity contribution is -0.138. The quantitative estimate of drug-likeness (QED) is 0.518. The molecule has 0 N–H and O–H groups in total. The number of esters is 1. The van der Waals surface area contributed by atoms with Crippen LogP contribution in [0.2, 0.25) is 0 Å². The maximum atomic E-state index is 11.7. The highest BCUT2D eigenvalue weighted by Crippen LogP contribution is 2.16. The molecule has 108 valence electrons. The van der Waals surface area contributed by atoms with Gasteiger partial charge in [0.15, 0.2) is 0 Å². The average molecular weight is 288 g/mol. The van der Waals surface area contributed by atoms with Crippen LogP contribution in [0.5, 0.6) is 0 Å². The smallest absolute Gasteiger partial charge is 0.331 e. The van der Waals surface area contributed by atoms with Crippen molar-refractivity contribution in [3.8, 4) is 0 Å². The lowest BCUT2D eigenvalue weighted by Gasteiger charge is -2.02. The van der Waals surface area contributed by atoms with Crippen molar-refractivity contribution in [3.05, 3.63) is 90.0 Å². The van der Waals surface area contributed by atoms with E-state index < -0.39 is 0 Å². The van der Waals surface area contributed by atoms with E-state index in [1.807, 2.05) is 54.6 Å². The SMILES string of the molecule is O=C(C=Cc1ccc2ccccc2c1)OCc1ccccc1. The molecule has 0 spiro atoms. The Labute approximate surface area is 129 Å². The summed E-state index contributed by atoms with van der Waals surface area (Å²) in [6, 6.07) is 23.9. The van der Waals surface area contributed by atoms with Crippen LogP contribution < -0.4 is 0 Å². The van der Waals surface area contributed by atoms with E-state index in [1.165, 1.54) is 11.5 Å². The van der Waals surface area contributed by atoms with Crippen LogP contribution in [0, 0.1) is 0 Å². The van der Waals surface area contributed by atoms with Crippen molar-refractivity contribution in [2.45, 2.75) is 6.61 Å². The first-order chi connectivity index (χ1) is 10.8. The number of benzene rings is 3. The minimum Gasteiger partial charge on any atom is -0.458 e. The van der Waals surface area contributed by atoms with Gasteiger partial charge in [-0.05, 0) is 34.0 Å². The predicted octanol–water partition coefficient (Wildman–Crippen LogP) is 4.60. The summed E-state index contributed by atoms with van der Waals surface area (Å²) in [6.07, 6.45) is 3.24. The van der Waals surface area contributed by atoms with Gasteiger partial charge in [-0.2, -0.15) is 0 Å². The Kier molecular flexibility index (Phi) is 4.30. The summed E-state index contributed by atoms with van der Waals surface area (Å²) in [7, 11) is 0. The van der Waals surface area contributed by atoms with Crippen molar-refractivity contribution < 1.29 is 9.53 Å². The molecular formula is C20H16O2. The fraction of sp³-hybridized carbons (Fsp3) is 0.0500. The van der Waals surface area contributed by atoms with Crippen LogP contribution in [0.25, 0.3) is 16.8 Å². The molecule has 0 bridgehead atoms. The molecule has 0 heterocycles. The van der Waals surface area contributed by atoms with Gasteiger partial charge in [0.2, 0.25) is 0 Å². The molecule has 0 atom stereocenters. The summed E-state index contributed by atoms with van der Waals surface area (Å²) in [5.41, 5.74) is 1.96. The second-order valence-electron chi connectivity index (χ2n) is 5.03. The highest BCUT2D eigenvalue weighted by Gasteiger charge is 1.99. The van der Waals surface area contributed by atoms with E-state index in [-0.39, 0.29) is 5.97 Å². The Balaban J connectivity index is 1.63. The summed E-state index contributed by atoms with van der Waals surface area (Å²) in [6.45, 7) is 0.293. The number of carbonyl (C=O) groups excluding carboxylic acids is 1. The average Bonchev–Trinajstić information content (AvgIpc) is 2.59. The highest BCUT2D eigenvalue weighted by molar-refractivity contribution is 5.89. The van der Waals surface area contributed by atoms with Gasteiger partial charge in [0.05, 0.1) is 0 Å². The molecule has 0 unspecified atom stereocenters. The Morgan fingerprint density at radius 3 is 2.41 bits per heavy atom. The minimum absolute atomic E-state index is 0.293. The molecule has 0 fully saturated rings. The number of carbonyl (C=O) groups is 1. The van der Waals surface area contributed by atoms with Crippen LogP contribution in [0.3, 0.4) is 0 Å². The van der Waals surface area contributed by atoms with Gasteiger partial charge in [0.1, 0.15) is 6.61 Å². The fourth-order valence-corrected chi connectivity index (χ4v) is 2.25. The van der Waals surface area contributed by atoms with Crippen LogP contribution in [-0.2, 0) is 16.1 Å². The lowest BCUT2D eigenvalue weighted by Crippen LogP contribution is -2.00. The third-order valence-electron chi connectivity index (χ3n) is 3.41. The van der Waals surface area contributed by atoms with Gasteiger partial charge >= 0.3 is 5.97 Å². The Morgan fingerprint density at radius 2 is 1.59 bits per heavy atom. The van der Waals surface area contributed by atoms with E-state index in [4.69, 9.17) is 4.74 Å². The summed E-state index contributed by atoms with van der Waals surface area (Å²) in [4.78, 5) is 11.7. The zero-order valence-electron chi connectivity index (χ0n) is 12.1. The van der Waals surface area contributed by atoms with Crippen molar-refractivity contribution >= 4 is 22.8 Å². The molecule has 0 saturated carbocycles. The van der Waals surface area contributed by atoms with Gasteiger partial charge in [-0.1, -0.05) is 66.7 Å². The molecule has 3 aromatic rings. The molecule has 3 aromatic carbocycles. The van der Waals surface area contributed by atoms with Crippen molar-refractivity contribution in [3.63, 3.8) is 0 Å². The lowest BCUT2D eigenvalue weighted by atomic mass is 10.1. The minimum atomic E-state index is -0.336. The first kappa shape index (κ1) is 14.1. The Hall–Kier alpha value is -2.87. The second kappa shape index (κ2) is 6.72. The van der Waals surface area contributed by atoms with Crippen LogP contribution >= 0.6 is 0 Å². The Morgan fingerprint density at radius 1 is 0.864 bits per heavy atom. The molecule has 0 saturated heterocycles. The van der Waals surface area contributed by atoms with Gasteiger partial charge in [0.25, 0.3) is 0 Å². The topological polar surface area (TPSA) is 26.3 Å². The molecule has 0 aliphatic rings. The Bertz CT molecular complexity index is 804. The number of rotatable bonds is 4. The fourth-order valence-electron chi connectivity index (χ4n) is 2.25. The normalized spacial score (nSPS) is 10.9. The van der Waals surface area contributed by atoms with Crippen molar-refractivity contribution in [2.24, 2.45) is 0 Å². The molecule has 2 heteroatoms. The summed E-state index contributed by atoms with van der Waals surface area (Å²) >= 11 is 0. The second-order valence-corrected chi connectivity index (χ2v) is 5.03. The maximum absolute atomic E-state index is 11.7. The molecular weight excluding hydrogens is 272 g/mol. The van der Waals surface area contributed by atoms with Crippen LogP contribution in [-0.4, -0.2) is 5.97 Å². The highest BCUT2D eigenvalue weighted by atomic mass is 16.5. The third-order valence-corrected chi connectivity index (χ3v) is 3.41. The van der Waals surface area contributed by atoms with Gasteiger partial charge < -0.3 is 4.74 Å². The van der Waals surface area contributed by atoms with E-state index in [1.54, 1.807) is 6.08 Å². The van der Waals surface area contributed by atoms with Gasteiger partial charge in [-0.15, -0.1) is 0 Å². The standard InChI is InChI=1S/C20H16O2/c21-20(22-15-17-6-2-1-3-7-17)13-11-16-10-12-18-8-4-5-9-19(18)14-16/h1-14H,15H2. The predicted molar refractivity (Wildman–Crippen MR) is 89.2 cm³/mol. The number of hydrogen-bond donors (Lipinski definition) is 0. The zero-order valence-corrected chi connectivity index (χ0v) is 12.1. The first-order valence-corrected chi connectivity index (χ1v) is 7.19. The monoisotopic (exact) mass is 288 g/mol. The molecule has 0 aliphatic carbocycles. The third kappa shape index (κ3) is 3.61. The van der Waals surface area contributed by atoms with E-state index in [0.29, 0.717) is 6.61 Å².